The van der Waals surface area contributed by atoms with Crippen LogP contribution in [-0.4, -0.2) is 105 Å². The van der Waals surface area contributed by atoms with Crippen molar-refractivity contribution in [2.75, 3.05) is 45.6 Å². The third-order valence-corrected chi connectivity index (χ3v) is 12.8. The van der Waals surface area contributed by atoms with Crippen molar-refractivity contribution < 1.29 is 118 Å². The van der Waals surface area contributed by atoms with Gasteiger partial charge in [-0.3, -0.25) is 9.59 Å². The van der Waals surface area contributed by atoms with E-state index < -0.39 is 54.6 Å². The van der Waals surface area contributed by atoms with Crippen LogP contribution >= 0.6 is 0 Å². The molecule has 0 aliphatic carbocycles. The molecule has 22 heteroatoms. The van der Waals surface area contributed by atoms with Crippen LogP contribution in [-0.2, 0) is 20.2 Å². The molecule has 4 aromatic rings. The average molecular weight is 932 g/mol. The predicted molar refractivity (Wildman–Crippen MR) is 224 cm³/mol. The number of fused-ring (bicyclic) bond motifs is 4. The molecule has 3 atom stereocenters. The van der Waals surface area contributed by atoms with Crippen molar-refractivity contribution in [1.82, 2.24) is 9.80 Å². The van der Waals surface area contributed by atoms with Crippen LogP contribution in [0.25, 0.3) is 11.1 Å². The van der Waals surface area contributed by atoms with Crippen molar-refractivity contribution in [3.63, 3.8) is 0 Å². The maximum atomic E-state index is 14.0. The second-order valence-electron chi connectivity index (χ2n) is 14.7. The van der Waals surface area contributed by atoms with E-state index in [9.17, 15) is 35.5 Å². The first-order valence-corrected chi connectivity index (χ1v) is 22.0. The van der Waals surface area contributed by atoms with Gasteiger partial charge in [-0.1, -0.05) is 24.3 Å². The molecule has 18 nitrogen and oxygen atoms in total. The number of rotatable bonds is 12. The zero-order valence-electron chi connectivity index (χ0n) is 35.4. The van der Waals surface area contributed by atoms with Gasteiger partial charge in [-0.25, -0.2) is 21.8 Å². The minimum absolute atomic E-state index is 0. The predicted octanol–water partition coefficient (Wildman–Crippen LogP) is -1.45. The van der Waals surface area contributed by atoms with Gasteiger partial charge in [0.15, 0.2) is 23.0 Å². The molecule has 4 aromatic carbocycles. The number of benzene rings is 4. The van der Waals surface area contributed by atoms with Crippen LogP contribution in [0.15, 0.2) is 90.2 Å². The second kappa shape index (κ2) is 19.5. The summed E-state index contributed by atoms with van der Waals surface area (Å²) in [6, 6.07) is 17.1. The van der Waals surface area contributed by atoms with Gasteiger partial charge in [-0.15, -0.1) is 0 Å². The molecule has 0 fully saturated rings. The summed E-state index contributed by atoms with van der Waals surface area (Å²) >= 11 is 0. The Morgan fingerprint density at radius 3 is 1.84 bits per heavy atom. The molecule has 0 saturated carbocycles. The van der Waals surface area contributed by atoms with Crippen molar-refractivity contribution in [1.29, 1.82) is 0 Å². The van der Waals surface area contributed by atoms with E-state index in [4.69, 9.17) is 29.4 Å². The molecule has 0 radical (unpaired) electrons. The number of ether oxygens (including phenoxy) is 5. The third-order valence-electron chi connectivity index (χ3n) is 10.9. The zero-order valence-corrected chi connectivity index (χ0v) is 41.0. The molecular formula is C42H39N5Na2O13S2. The van der Waals surface area contributed by atoms with E-state index in [2.05, 4.69) is 10.3 Å². The first-order chi connectivity index (χ1) is 29.6. The number of carbonyl (C=O) groups is 2. The Labute approximate surface area is 413 Å². The molecule has 2 amide bonds. The minimum atomic E-state index is -5.13. The van der Waals surface area contributed by atoms with Gasteiger partial charge >= 0.3 is 59.1 Å². The van der Waals surface area contributed by atoms with Gasteiger partial charge in [-0.05, 0) is 65.1 Å². The van der Waals surface area contributed by atoms with E-state index in [0.717, 1.165) is 5.56 Å². The van der Waals surface area contributed by atoms with Gasteiger partial charge in [0.2, 0.25) is 0 Å². The van der Waals surface area contributed by atoms with Gasteiger partial charge in [0.25, 0.3) is 11.8 Å². The molecule has 324 valence electrons. The fourth-order valence-electron chi connectivity index (χ4n) is 7.86. The molecule has 0 spiro atoms. The summed E-state index contributed by atoms with van der Waals surface area (Å²) in [5.74, 6) is 0.00608. The molecule has 4 heterocycles. The fourth-order valence-corrected chi connectivity index (χ4v) is 9.48. The molecule has 3 N–H and O–H groups in total. The SMILES string of the molecule is COc1ccc(C2=CN3C(=O)c4cc(OC)c(OCCCOc5cc6c(cc5OC)C(=O)N5C=C(c7ccc(N)cc7)C[C@H]5C(S(=O)(=O)[O-])=N6)cc4N[C@@H](S(=O)(=O)[O-])C3C2)cc1.[Na+].[Na+]. The van der Waals surface area contributed by atoms with Crippen molar-refractivity contribution in [3.05, 3.63) is 107 Å². The molecule has 0 bridgehead atoms. The largest absolute Gasteiger partial charge is 1.00 e. The quantitative estimate of drug-likeness (QED) is 0.0714. The number of methoxy groups -OCH3 is 3. The number of hydrogen-bond acceptors (Lipinski definition) is 16. The Morgan fingerprint density at radius 1 is 0.719 bits per heavy atom. The molecule has 4 aliphatic heterocycles. The molecular weight excluding hydrogens is 893 g/mol. The van der Waals surface area contributed by atoms with Crippen LogP contribution in [0.1, 0.15) is 51.1 Å². The summed E-state index contributed by atoms with van der Waals surface area (Å²) in [5.41, 5.74) is 9.04. The van der Waals surface area contributed by atoms with Gasteiger partial charge in [0.05, 0.1) is 69.1 Å². The number of aliphatic imine (C=N–C) groups is 1. The van der Waals surface area contributed by atoms with E-state index in [-0.39, 0.29) is 137 Å². The average Bonchev–Trinajstić information content (AvgIpc) is 3.84. The topological polar surface area (TPSA) is 252 Å². The number of nitrogens with two attached hydrogens (primary N) is 1. The summed E-state index contributed by atoms with van der Waals surface area (Å²) in [5, 5.41) is 0.371. The number of nitrogen functional groups attached to an aromatic ring is 1. The maximum Gasteiger partial charge on any atom is 1.00 e. The standard InChI is InChI=1S/C42H41N5O13S2.2Na/c1-56-28-11-7-24(8-12-28)26-16-34-40(62(53,54)55)45-32-20-38(36(58-3)18-30(32)42(49)47(34)22-26)60-14-4-13-59-37-19-31-29(17-35(37)57-2)41(48)46-21-25(23-5-9-27(43)10-6-23)15-33(46)39(44-31)61(50,51)52;;/h5-12,17-22,33-34,40,45H,4,13-16,43H2,1-3H3,(H,50,51,52)(H,53,54,55);;/q;2*+1/p-2/t33-,34?,40-;;/m0../s1. The smallest absolute Gasteiger partial charge is 0.746 e. The van der Waals surface area contributed by atoms with Crippen molar-refractivity contribution >= 4 is 65.3 Å². The first kappa shape index (κ1) is 48.8. The fraction of sp³-hybridized carbons (Fsp3) is 0.262. The Hall–Kier alpha value is -4.61. The van der Waals surface area contributed by atoms with Crippen LogP contribution in [0.2, 0.25) is 0 Å². The zero-order chi connectivity index (χ0) is 44.1. The summed E-state index contributed by atoms with van der Waals surface area (Å²) in [6.45, 7) is 0.0127. The van der Waals surface area contributed by atoms with E-state index >= 15 is 0 Å². The number of amides is 2. The third kappa shape index (κ3) is 9.67. The Bertz CT molecular complexity index is 2800. The van der Waals surface area contributed by atoms with Crippen LogP contribution in [0.4, 0.5) is 17.1 Å². The minimum Gasteiger partial charge on any atom is -0.746 e. The number of nitrogens with one attached hydrogen (secondary N) is 1. The summed E-state index contributed by atoms with van der Waals surface area (Å²) in [4.78, 5) is 34.5. The summed E-state index contributed by atoms with van der Waals surface area (Å²) in [6.07, 6.45) is 3.39. The molecule has 1 unspecified atom stereocenters. The van der Waals surface area contributed by atoms with Crippen LogP contribution in [0, 0.1) is 0 Å². The normalized spacial score (nSPS) is 18.8. The van der Waals surface area contributed by atoms with E-state index in [1.54, 1.807) is 54.7 Å². The first-order valence-electron chi connectivity index (χ1n) is 19.1. The molecule has 0 saturated heterocycles. The summed E-state index contributed by atoms with van der Waals surface area (Å²) in [7, 11) is -5.86. The Kier molecular flexibility index (Phi) is 14.9. The van der Waals surface area contributed by atoms with E-state index in [1.165, 1.54) is 61.6 Å². The molecule has 8 rings (SSSR count). The van der Waals surface area contributed by atoms with Crippen LogP contribution in [0.5, 0.6) is 28.7 Å². The van der Waals surface area contributed by atoms with Crippen LogP contribution < -0.4 is 93.8 Å². The number of nitrogens with zero attached hydrogens (tertiary/aromatic N) is 3. The van der Waals surface area contributed by atoms with Crippen molar-refractivity contribution in [3.8, 4) is 28.7 Å². The van der Waals surface area contributed by atoms with Gasteiger partial charge in [0.1, 0.15) is 36.4 Å². The molecule has 4 aliphatic rings. The van der Waals surface area contributed by atoms with Gasteiger partial charge in [-0.2, -0.15) is 0 Å². The van der Waals surface area contributed by atoms with Crippen molar-refractivity contribution in [2.45, 2.75) is 36.7 Å². The van der Waals surface area contributed by atoms with Crippen molar-refractivity contribution in [2.24, 2.45) is 4.99 Å². The van der Waals surface area contributed by atoms with E-state index in [0.29, 0.717) is 28.1 Å². The van der Waals surface area contributed by atoms with Gasteiger partial charge < -0.3 is 53.6 Å². The van der Waals surface area contributed by atoms with E-state index in [1.807, 2.05) is 0 Å². The van der Waals surface area contributed by atoms with Gasteiger partial charge in [0, 0.05) is 43.1 Å². The number of carbonyl (C=O) groups excluding carboxylic acids is 2. The Morgan fingerprint density at radius 2 is 1.27 bits per heavy atom. The second-order valence-corrected chi connectivity index (χ2v) is 17.5. The number of anilines is 2. The Balaban J connectivity index is 0.00000340. The number of hydrogen-bond donors (Lipinski definition) is 2. The molecule has 64 heavy (non-hydrogen) atoms. The van der Waals surface area contributed by atoms with Crippen LogP contribution in [0.3, 0.4) is 0 Å². The maximum absolute atomic E-state index is 14.0. The monoisotopic (exact) mass is 931 g/mol. The molecule has 0 aromatic heterocycles. The summed E-state index contributed by atoms with van der Waals surface area (Å²) < 4.78 is 104.